The standard InChI is InChI=1S/C20H28N4O4S/c1-5-23-18(16-10-7-11-27-16)21-22-20(23)29-12-17(25)28-15(4)19(26)24-13(2)8-6-9-14(24)3/h7,10-11,13-15H,5-6,8-9,12H2,1-4H3/t13-,14-,15+/m0/s1. The zero-order valence-corrected chi connectivity index (χ0v) is 18.1. The van der Waals surface area contributed by atoms with Crippen LogP contribution in [0, 0.1) is 0 Å². The predicted octanol–water partition coefficient (Wildman–Crippen LogP) is 3.37. The zero-order valence-electron chi connectivity index (χ0n) is 17.3. The summed E-state index contributed by atoms with van der Waals surface area (Å²) >= 11 is 1.24. The number of nitrogens with zero attached hydrogens (tertiary/aromatic N) is 4. The number of amides is 1. The highest BCUT2D eigenvalue weighted by Crippen LogP contribution is 2.25. The molecule has 8 nitrogen and oxygen atoms in total. The summed E-state index contributed by atoms with van der Waals surface area (Å²) in [5.74, 6) is 0.722. The van der Waals surface area contributed by atoms with Crippen molar-refractivity contribution in [1.29, 1.82) is 0 Å². The number of thioether (sulfide) groups is 1. The number of ether oxygens (including phenoxy) is 1. The van der Waals surface area contributed by atoms with Crippen molar-refractivity contribution in [2.75, 3.05) is 5.75 Å². The third kappa shape index (κ3) is 4.83. The average molecular weight is 421 g/mol. The van der Waals surface area contributed by atoms with Gasteiger partial charge in [-0.25, -0.2) is 0 Å². The van der Waals surface area contributed by atoms with E-state index in [9.17, 15) is 9.59 Å². The predicted molar refractivity (Wildman–Crippen MR) is 109 cm³/mol. The molecule has 1 fully saturated rings. The number of hydrogen-bond acceptors (Lipinski definition) is 7. The molecule has 3 heterocycles. The number of aromatic nitrogens is 3. The maximum absolute atomic E-state index is 12.8. The number of carbonyl (C=O) groups is 2. The summed E-state index contributed by atoms with van der Waals surface area (Å²) < 4.78 is 12.7. The molecular formula is C20H28N4O4S. The van der Waals surface area contributed by atoms with E-state index in [2.05, 4.69) is 10.2 Å². The SMILES string of the molecule is CCn1c(SCC(=O)O[C@H](C)C(=O)N2[C@@H](C)CCC[C@@H]2C)nnc1-c1ccco1. The van der Waals surface area contributed by atoms with Gasteiger partial charge in [0.05, 0.1) is 12.0 Å². The summed E-state index contributed by atoms with van der Waals surface area (Å²) in [6, 6.07) is 3.95. The molecule has 2 aromatic heterocycles. The molecule has 3 rings (SSSR count). The molecule has 1 aliphatic heterocycles. The molecule has 0 radical (unpaired) electrons. The van der Waals surface area contributed by atoms with Crippen LogP contribution in [0.1, 0.15) is 47.0 Å². The summed E-state index contributed by atoms with van der Waals surface area (Å²) in [5, 5.41) is 8.92. The largest absolute Gasteiger partial charge is 0.461 e. The van der Waals surface area contributed by atoms with E-state index < -0.39 is 12.1 Å². The van der Waals surface area contributed by atoms with Crippen molar-refractivity contribution in [2.24, 2.45) is 0 Å². The Kier molecular flexibility index (Phi) is 7.00. The smallest absolute Gasteiger partial charge is 0.317 e. The first-order chi connectivity index (χ1) is 13.9. The lowest BCUT2D eigenvalue weighted by Gasteiger charge is -2.40. The van der Waals surface area contributed by atoms with Gasteiger partial charge >= 0.3 is 5.97 Å². The number of furan rings is 1. The summed E-state index contributed by atoms with van der Waals surface area (Å²) in [6.45, 7) is 8.35. The molecule has 3 atom stereocenters. The van der Waals surface area contributed by atoms with Crippen LogP contribution in [-0.2, 0) is 20.9 Å². The third-order valence-corrected chi connectivity index (χ3v) is 6.14. The summed E-state index contributed by atoms with van der Waals surface area (Å²) in [6.07, 6.45) is 3.87. The molecule has 9 heteroatoms. The van der Waals surface area contributed by atoms with Gasteiger partial charge in [-0.3, -0.25) is 14.2 Å². The molecule has 1 amide bonds. The van der Waals surface area contributed by atoms with Crippen LogP contribution in [-0.4, -0.2) is 55.5 Å². The summed E-state index contributed by atoms with van der Waals surface area (Å²) in [4.78, 5) is 27.0. The fraction of sp³-hybridized carbons (Fsp3) is 0.600. The minimum atomic E-state index is -0.797. The first-order valence-electron chi connectivity index (χ1n) is 10.0. The topological polar surface area (TPSA) is 90.5 Å². The maximum Gasteiger partial charge on any atom is 0.317 e. The Balaban J connectivity index is 1.57. The van der Waals surface area contributed by atoms with E-state index in [1.165, 1.54) is 11.8 Å². The maximum atomic E-state index is 12.8. The van der Waals surface area contributed by atoms with E-state index in [0.29, 0.717) is 23.3 Å². The number of esters is 1. The molecule has 0 saturated carbocycles. The van der Waals surface area contributed by atoms with Crippen LogP contribution < -0.4 is 0 Å². The van der Waals surface area contributed by atoms with Gasteiger partial charge in [0.1, 0.15) is 0 Å². The second kappa shape index (κ2) is 9.47. The quantitative estimate of drug-likeness (QED) is 0.501. The molecule has 0 aliphatic carbocycles. The lowest BCUT2D eigenvalue weighted by molar-refractivity contribution is -0.160. The molecule has 2 aromatic rings. The van der Waals surface area contributed by atoms with E-state index in [1.807, 2.05) is 36.3 Å². The van der Waals surface area contributed by atoms with Crippen molar-refractivity contribution in [2.45, 2.75) is 76.8 Å². The minimum absolute atomic E-state index is 0.0546. The van der Waals surface area contributed by atoms with Gasteiger partial charge in [-0.05, 0) is 59.1 Å². The molecule has 158 valence electrons. The van der Waals surface area contributed by atoms with E-state index in [-0.39, 0.29) is 23.7 Å². The second-order valence-electron chi connectivity index (χ2n) is 7.32. The van der Waals surface area contributed by atoms with Gasteiger partial charge in [0.25, 0.3) is 5.91 Å². The van der Waals surface area contributed by atoms with Crippen LogP contribution in [0.3, 0.4) is 0 Å². The van der Waals surface area contributed by atoms with E-state index in [0.717, 1.165) is 19.3 Å². The van der Waals surface area contributed by atoms with E-state index >= 15 is 0 Å². The number of hydrogen-bond donors (Lipinski definition) is 0. The van der Waals surface area contributed by atoms with Crippen molar-refractivity contribution >= 4 is 23.6 Å². The Labute approximate surface area is 175 Å². The van der Waals surface area contributed by atoms with Crippen molar-refractivity contribution in [1.82, 2.24) is 19.7 Å². The number of carbonyl (C=O) groups excluding carboxylic acids is 2. The Morgan fingerprint density at radius 2 is 2.03 bits per heavy atom. The molecule has 0 bridgehead atoms. The fourth-order valence-electron chi connectivity index (χ4n) is 3.74. The van der Waals surface area contributed by atoms with Gasteiger partial charge in [0.2, 0.25) is 0 Å². The third-order valence-electron chi connectivity index (χ3n) is 5.20. The van der Waals surface area contributed by atoms with Crippen LogP contribution in [0.15, 0.2) is 28.0 Å². The van der Waals surface area contributed by atoms with Crippen molar-refractivity contribution in [3.05, 3.63) is 18.4 Å². The Morgan fingerprint density at radius 1 is 1.31 bits per heavy atom. The Hall–Kier alpha value is -2.29. The highest BCUT2D eigenvalue weighted by atomic mass is 32.2. The molecular weight excluding hydrogens is 392 g/mol. The van der Waals surface area contributed by atoms with Gasteiger partial charge in [0, 0.05) is 18.6 Å². The van der Waals surface area contributed by atoms with Gasteiger partial charge in [-0.1, -0.05) is 11.8 Å². The molecule has 0 unspecified atom stereocenters. The highest BCUT2D eigenvalue weighted by molar-refractivity contribution is 7.99. The molecule has 0 N–H and O–H groups in total. The normalized spacial score (nSPS) is 20.5. The van der Waals surface area contributed by atoms with Crippen LogP contribution in [0.25, 0.3) is 11.6 Å². The van der Waals surface area contributed by atoms with Crippen LogP contribution in [0.5, 0.6) is 0 Å². The first-order valence-corrected chi connectivity index (χ1v) is 11.0. The molecule has 1 aliphatic rings. The summed E-state index contributed by atoms with van der Waals surface area (Å²) in [5.41, 5.74) is 0. The van der Waals surface area contributed by atoms with Gasteiger partial charge in [-0.2, -0.15) is 0 Å². The van der Waals surface area contributed by atoms with Gasteiger partial charge in [0.15, 0.2) is 22.8 Å². The summed E-state index contributed by atoms with van der Waals surface area (Å²) in [7, 11) is 0. The highest BCUT2D eigenvalue weighted by Gasteiger charge is 2.33. The molecule has 1 saturated heterocycles. The number of likely N-dealkylation sites (tertiary alicyclic amines) is 1. The van der Waals surface area contributed by atoms with Crippen LogP contribution >= 0.6 is 11.8 Å². The molecule has 0 aromatic carbocycles. The van der Waals surface area contributed by atoms with E-state index in [4.69, 9.17) is 9.15 Å². The van der Waals surface area contributed by atoms with E-state index in [1.54, 1.807) is 19.3 Å². The van der Waals surface area contributed by atoms with Gasteiger partial charge < -0.3 is 14.1 Å². The lowest BCUT2D eigenvalue weighted by atomic mass is 9.97. The second-order valence-corrected chi connectivity index (χ2v) is 8.27. The monoisotopic (exact) mass is 420 g/mol. The Morgan fingerprint density at radius 3 is 2.66 bits per heavy atom. The average Bonchev–Trinajstić information content (AvgIpc) is 3.35. The number of piperidine rings is 1. The Bertz CT molecular complexity index is 826. The molecule has 0 spiro atoms. The van der Waals surface area contributed by atoms with Crippen molar-refractivity contribution < 1.29 is 18.7 Å². The first kappa shape index (κ1) is 21.4. The molecule has 29 heavy (non-hydrogen) atoms. The minimum Gasteiger partial charge on any atom is -0.461 e. The number of rotatable bonds is 7. The zero-order chi connectivity index (χ0) is 21.0. The van der Waals surface area contributed by atoms with Crippen molar-refractivity contribution in [3.8, 4) is 11.6 Å². The van der Waals surface area contributed by atoms with Crippen LogP contribution in [0.4, 0.5) is 0 Å². The van der Waals surface area contributed by atoms with Crippen molar-refractivity contribution in [3.63, 3.8) is 0 Å². The lowest BCUT2D eigenvalue weighted by Crippen LogP contribution is -2.51. The van der Waals surface area contributed by atoms with Crippen LogP contribution in [0.2, 0.25) is 0 Å². The van der Waals surface area contributed by atoms with Gasteiger partial charge in [-0.15, -0.1) is 10.2 Å². The fourth-order valence-corrected chi connectivity index (χ4v) is 4.52.